The number of halogens is 7. The van der Waals surface area contributed by atoms with Crippen molar-refractivity contribution in [2.45, 2.75) is 11.8 Å². The molecule has 0 heterocycles. The number of alkyl halides is 1. The Morgan fingerprint density at radius 1 is 0.905 bits per heavy atom. The standard InChI is InChI=1S/C14H7BrClF5/c15-7-3-1-2-6(4-7)5-8(16)9-10(17)12(19)14(21)13(20)11(9)18/h1-4,8H,5H2. The maximum atomic E-state index is 13.6. The molecule has 0 aliphatic heterocycles. The Bertz CT molecular complexity index is 660. The summed E-state index contributed by atoms with van der Waals surface area (Å²) in [5, 5.41) is -1.39. The van der Waals surface area contributed by atoms with E-state index in [4.69, 9.17) is 11.6 Å². The lowest BCUT2D eigenvalue weighted by Crippen LogP contribution is -2.10. The van der Waals surface area contributed by atoms with Crippen LogP contribution in [0, 0.1) is 29.1 Å². The Morgan fingerprint density at radius 2 is 1.43 bits per heavy atom. The SMILES string of the molecule is Fc1c(F)c(F)c(C(Cl)Cc2cccc(Br)c2)c(F)c1F. The van der Waals surface area contributed by atoms with E-state index >= 15 is 0 Å². The minimum Gasteiger partial charge on any atom is -0.203 e. The fourth-order valence-electron chi connectivity index (χ4n) is 1.87. The van der Waals surface area contributed by atoms with E-state index in [0.29, 0.717) is 10.0 Å². The van der Waals surface area contributed by atoms with Crippen LogP contribution in [0.1, 0.15) is 16.5 Å². The Morgan fingerprint density at radius 3 is 1.95 bits per heavy atom. The Balaban J connectivity index is 2.42. The van der Waals surface area contributed by atoms with Crippen molar-refractivity contribution in [3.8, 4) is 0 Å². The summed E-state index contributed by atoms with van der Waals surface area (Å²) in [4.78, 5) is 0. The molecule has 0 nitrogen and oxygen atoms in total. The number of hydrogen-bond donors (Lipinski definition) is 0. The molecule has 0 aliphatic rings. The zero-order valence-corrected chi connectivity index (χ0v) is 12.6. The zero-order valence-electron chi connectivity index (χ0n) is 10.2. The average molecular weight is 386 g/mol. The van der Waals surface area contributed by atoms with Crippen LogP contribution in [-0.4, -0.2) is 0 Å². The van der Waals surface area contributed by atoms with Crippen molar-refractivity contribution in [2.75, 3.05) is 0 Å². The van der Waals surface area contributed by atoms with Crippen molar-refractivity contribution in [2.24, 2.45) is 0 Å². The second-order valence-electron chi connectivity index (χ2n) is 4.29. The summed E-state index contributed by atoms with van der Waals surface area (Å²) in [6, 6.07) is 6.67. The fourth-order valence-corrected chi connectivity index (χ4v) is 2.69. The molecule has 0 amide bonds. The van der Waals surface area contributed by atoms with Crippen LogP contribution >= 0.6 is 27.5 Å². The fraction of sp³-hybridized carbons (Fsp3) is 0.143. The molecular weight excluding hydrogens is 379 g/mol. The lowest BCUT2D eigenvalue weighted by molar-refractivity contribution is 0.369. The molecule has 2 rings (SSSR count). The first kappa shape index (κ1) is 16.2. The summed E-state index contributed by atoms with van der Waals surface area (Å²) in [7, 11) is 0. The van der Waals surface area contributed by atoms with Crippen molar-refractivity contribution >= 4 is 27.5 Å². The first-order valence-electron chi connectivity index (χ1n) is 5.72. The topological polar surface area (TPSA) is 0 Å². The molecule has 0 fully saturated rings. The van der Waals surface area contributed by atoms with Crippen LogP contribution < -0.4 is 0 Å². The van der Waals surface area contributed by atoms with Crippen molar-refractivity contribution in [3.05, 3.63) is 69.0 Å². The van der Waals surface area contributed by atoms with Crippen LogP contribution in [0.2, 0.25) is 0 Å². The summed E-state index contributed by atoms with van der Waals surface area (Å²) in [5.41, 5.74) is -0.429. The third-order valence-corrected chi connectivity index (χ3v) is 3.73. The highest BCUT2D eigenvalue weighted by Crippen LogP contribution is 2.33. The molecule has 21 heavy (non-hydrogen) atoms. The first-order chi connectivity index (χ1) is 9.82. The second-order valence-corrected chi connectivity index (χ2v) is 5.73. The molecule has 0 bridgehead atoms. The van der Waals surface area contributed by atoms with Gasteiger partial charge in [0.25, 0.3) is 0 Å². The van der Waals surface area contributed by atoms with E-state index in [-0.39, 0.29) is 6.42 Å². The van der Waals surface area contributed by atoms with Gasteiger partial charge in [-0.2, -0.15) is 0 Å². The Hall–Kier alpha value is -1.14. The molecule has 1 atom stereocenters. The monoisotopic (exact) mass is 384 g/mol. The third kappa shape index (κ3) is 3.21. The predicted molar refractivity (Wildman–Crippen MR) is 72.7 cm³/mol. The molecule has 0 N–H and O–H groups in total. The van der Waals surface area contributed by atoms with Crippen LogP contribution in [0.3, 0.4) is 0 Å². The highest BCUT2D eigenvalue weighted by atomic mass is 79.9. The summed E-state index contributed by atoms with van der Waals surface area (Å²) in [5.74, 6) is -9.99. The van der Waals surface area contributed by atoms with Crippen molar-refractivity contribution in [3.63, 3.8) is 0 Å². The maximum Gasteiger partial charge on any atom is 0.200 e. The van der Waals surface area contributed by atoms with Crippen molar-refractivity contribution in [1.29, 1.82) is 0 Å². The van der Waals surface area contributed by atoms with E-state index in [1.165, 1.54) is 0 Å². The second kappa shape index (κ2) is 6.32. The Kier molecular flexibility index (Phi) is 4.88. The molecule has 0 saturated heterocycles. The molecule has 1 unspecified atom stereocenters. The summed E-state index contributed by atoms with van der Waals surface area (Å²) in [6.07, 6.45) is -0.0840. The van der Waals surface area contributed by atoms with Gasteiger partial charge in [-0.05, 0) is 24.1 Å². The van der Waals surface area contributed by atoms with Gasteiger partial charge in [-0.25, -0.2) is 22.0 Å². The zero-order chi connectivity index (χ0) is 15.7. The number of rotatable bonds is 3. The van der Waals surface area contributed by atoms with E-state index in [9.17, 15) is 22.0 Å². The van der Waals surface area contributed by atoms with Gasteiger partial charge in [0.15, 0.2) is 23.3 Å². The lowest BCUT2D eigenvalue weighted by Gasteiger charge is -2.14. The van der Waals surface area contributed by atoms with Gasteiger partial charge < -0.3 is 0 Å². The Labute approximate surface area is 130 Å². The van der Waals surface area contributed by atoms with Crippen LogP contribution in [0.4, 0.5) is 22.0 Å². The van der Waals surface area contributed by atoms with E-state index in [0.717, 1.165) is 0 Å². The van der Waals surface area contributed by atoms with E-state index < -0.39 is 40.0 Å². The molecule has 0 spiro atoms. The molecule has 0 radical (unpaired) electrons. The molecule has 0 aliphatic carbocycles. The normalized spacial score (nSPS) is 12.5. The third-order valence-electron chi connectivity index (χ3n) is 2.86. The van der Waals surface area contributed by atoms with E-state index in [2.05, 4.69) is 15.9 Å². The highest BCUT2D eigenvalue weighted by molar-refractivity contribution is 9.10. The summed E-state index contributed by atoms with van der Waals surface area (Å²) in [6.45, 7) is 0. The number of hydrogen-bond acceptors (Lipinski definition) is 0. The smallest absolute Gasteiger partial charge is 0.200 e. The average Bonchev–Trinajstić information content (AvgIpc) is 2.43. The molecule has 2 aromatic carbocycles. The van der Waals surface area contributed by atoms with Gasteiger partial charge in [-0.1, -0.05) is 28.1 Å². The minimum atomic E-state index is -2.19. The van der Waals surface area contributed by atoms with E-state index in [1.807, 2.05) is 0 Å². The molecule has 7 heteroatoms. The quantitative estimate of drug-likeness (QED) is 0.276. The van der Waals surface area contributed by atoms with Gasteiger partial charge in [-0.15, -0.1) is 11.6 Å². The van der Waals surface area contributed by atoms with Gasteiger partial charge >= 0.3 is 0 Å². The largest absolute Gasteiger partial charge is 0.203 e. The van der Waals surface area contributed by atoms with Gasteiger partial charge in [0.1, 0.15) is 0 Å². The molecule has 0 aromatic heterocycles. The summed E-state index contributed by atoms with van der Waals surface area (Å²) >= 11 is 9.06. The van der Waals surface area contributed by atoms with Gasteiger partial charge in [-0.3, -0.25) is 0 Å². The number of benzene rings is 2. The minimum absolute atomic E-state index is 0.0840. The van der Waals surface area contributed by atoms with Crippen LogP contribution in [0.5, 0.6) is 0 Å². The van der Waals surface area contributed by atoms with Gasteiger partial charge in [0.2, 0.25) is 5.82 Å². The molecule has 0 saturated carbocycles. The maximum absolute atomic E-state index is 13.6. The van der Waals surface area contributed by atoms with Crippen LogP contribution in [0.15, 0.2) is 28.7 Å². The predicted octanol–water partition coefficient (Wildman–Crippen LogP) is 5.67. The molecule has 112 valence electrons. The summed E-state index contributed by atoms with van der Waals surface area (Å²) < 4.78 is 67.2. The first-order valence-corrected chi connectivity index (χ1v) is 6.95. The van der Waals surface area contributed by atoms with Gasteiger partial charge in [0, 0.05) is 10.0 Å². The van der Waals surface area contributed by atoms with Crippen LogP contribution in [-0.2, 0) is 6.42 Å². The van der Waals surface area contributed by atoms with Crippen molar-refractivity contribution in [1.82, 2.24) is 0 Å². The lowest BCUT2D eigenvalue weighted by atomic mass is 10.0. The van der Waals surface area contributed by atoms with Crippen molar-refractivity contribution < 1.29 is 22.0 Å². The van der Waals surface area contributed by atoms with Gasteiger partial charge in [0.05, 0.1) is 5.38 Å². The molecule has 2 aromatic rings. The van der Waals surface area contributed by atoms with E-state index in [1.54, 1.807) is 24.3 Å². The molecular formula is C14H7BrClF5. The highest BCUT2D eigenvalue weighted by Gasteiger charge is 2.29. The van der Waals surface area contributed by atoms with Crippen LogP contribution in [0.25, 0.3) is 0 Å².